The number of rotatable bonds is 4. The molecule has 0 aliphatic heterocycles. The van der Waals surface area contributed by atoms with Gasteiger partial charge >= 0.3 is 0 Å². The Hall–Kier alpha value is -1.55. The Morgan fingerprint density at radius 3 is 2.76 bits per heavy atom. The van der Waals surface area contributed by atoms with Gasteiger partial charge in [0.2, 0.25) is 5.91 Å². The number of amides is 1. The first-order chi connectivity index (χ1) is 8.06. The number of phenolic OH excluding ortho intramolecular Hbond substituents is 1. The Bertz CT molecular complexity index is 439. The lowest BCUT2D eigenvalue weighted by Crippen LogP contribution is -2.29. The molecule has 3 N–H and O–H groups in total. The minimum atomic E-state index is -0.114. The van der Waals surface area contributed by atoms with Gasteiger partial charge in [-0.05, 0) is 43.9 Å². The minimum absolute atomic E-state index is 0.114. The minimum Gasteiger partial charge on any atom is -0.505 e. The summed E-state index contributed by atoms with van der Waals surface area (Å²) in [6, 6.07) is 4.17. The molecule has 0 atom stereocenters. The standard InChI is InChI=1S/C13H18N2O2/c1-8-5-9(2)13(17)11(6-8)15-12(16)7-14-10-3-4-10/h5-6,10,14,17H,3-4,7H2,1-2H3,(H,15,16). The Morgan fingerprint density at radius 2 is 2.12 bits per heavy atom. The third-order valence-electron chi connectivity index (χ3n) is 2.85. The zero-order valence-electron chi connectivity index (χ0n) is 10.2. The Morgan fingerprint density at radius 1 is 1.41 bits per heavy atom. The maximum atomic E-state index is 11.6. The van der Waals surface area contributed by atoms with Gasteiger partial charge in [-0.3, -0.25) is 4.79 Å². The first kappa shape index (κ1) is 11.9. The number of aromatic hydroxyl groups is 1. The van der Waals surface area contributed by atoms with Gasteiger partial charge in [-0.2, -0.15) is 0 Å². The molecule has 0 spiro atoms. The number of carbonyl (C=O) groups excluding carboxylic acids is 1. The second kappa shape index (κ2) is 4.75. The lowest BCUT2D eigenvalue weighted by Gasteiger charge is -2.10. The number of anilines is 1. The van der Waals surface area contributed by atoms with Crippen molar-refractivity contribution in [2.24, 2.45) is 0 Å². The lowest BCUT2D eigenvalue weighted by atomic mass is 10.1. The molecule has 0 bridgehead atoms. The monoisotopic (exact) mass is 234 g/mol. The summed E-state index contributed by atoms with van der Waals surface area (Å²) < 4.78 is 0. The summed E-state index contributed by atoms with van der Waals surface area (Å²) in [5, 5.41) is 15.7. The van der Waals surface area contributed by atoms with Gasteiger partial charge in [0.25, 0.3) is 0 Å². The SMILES string of the molecule is Cc1cc(C)c(O)c(NC(=O)CNC2CC2)c1. The predicted octanol–water partition coefficient (Wildman–Crippen LogP) is 1.70. The van der Waals surface area contributed by atoms with Crippen LogP contribution in [0.2, 0.25) is 0 Å². The summed E-state index contributed by atoms with van der Waals surface area (Å²) in [6.07, 6.45) is 2.31. The van der Waals surface area contributed by atoms with Gasteiger partial charge in [-0.25, -0.2) is 0 Å². The van der Waals surface area contributed by atoms with E-state index in [1.807, 2.05) is 19.9 Å². The molecule has 0 unspecified atom stereocenters. The van der Waals surface area contributed by atoms with Crippen molar-refractivity contribution < 1.29 is 9.90 Å². The maximum absolute atomic E-state index is 11.6. The molecule has 0 saturated heterocycles. The number of aryl methyl sites for hydroxylation is 2. The molecular weight excluding hydrogens is 216 g/mol. The molecule has 0 aromatic heterocycles. The molecule has 17 heavy (non-hydrogen) atoms. The highest BCUT2D eigenvalue weighted by Gasteiger charge is 2.21. The highest BCUT2D eigenvalue weighted by Crippen LogP contribution is 2.28. The maximum Gasteiger partial charge on any atom is 0.238 e. The summed E-state index contributed by atoms with van der Waals surface area (Å²) in [5.74, 6) is 0.0348. The van der Waals surface area contributed by atoms with Crippen LogP contribution in [-0.2, 0) is 4.79 Å². The molecule has 0 radical (unpaired) electrons. The van der Waals surface area contributed by atoms with E-state index in [4.69, 9.17) is 0 Å². The zero-order chi connectivity index (χ0) is 12.4. The number of hydrogen-bond donors (Lipinski definition) is 3. The highest BCUT2D eigenvalue weighted by molar-refractivity contribution is 5.94. The van der Waals surface area contributed by atoms with Crippen molar-refractivity contribution >= 4 is 11.6 Å². The first-order valence-corrected chi connectivity index (χ1v) is 5.89. The lowest BCUT2D eigenvalue weighted by molar-refractivity contribution is -0.115. The van der Waals surface area contributed by atoms with Crippen LogP contribution in [0.3, 0.4) is 0 Å². The van der Waals surface area contributed by atoms with Gasteiger partial charge in [0.05, 0.1) is 12.2 Å². The van der Waals surface area contributed by atoms with E-state index in [2.05, 4.69) is 10.6 Å². The van der Waals surface area contributed by atoms with Gasteiger partial charge in [0.15, 0.2) is 0 Å². The molecule has 1 amide bonds. The van der Waals surface area contributed by atoms with E-state index in [1.54, 1.807) is 6.07 Å². The highest BCUT2D eigenvalue weighted by atomic mass is 16.3. The van der Waals surface area contributed by atoms with E-state index in [0.717, 1.165) is 24.0 Å². The molecule has 4 nitrogen and oxygen atoms in total. The van der Waals surface area contributed by atoms with Gasteiger partial charge < -0.3 is 15.7 Å². The van der Waals surface area contributed by atoms with Crippen LogP contribution < -0.4 is 10.6 Å². The molecule has 0 heterocycles. The van der Waals surface area contributed by atoms with Crippen molar-refractivity contribution in [2.75, 3.05) is 11.9 Å². The Kier molecular flexibility index (Phi) is 3.33. The van der Waals surface area contributed by atoms with Crippen LogP contribution in [0.4, 0.5) is 5.69 Å². The number of benzene rings is 1. The summed E-state index contributed by atoms with van der Waals surface area (Å²) in [4.78, 5) is 11.6. The number of carbonyl (C=O) groups is 1. The first-order valence-electron chi connectivity index (χ1n) is 5.89. The summed E-state index contributed by atoms with van der Waals surface area (Å²) in [5.41, 5.74) is 2.28. The van der Waals surface area contributed by atoms with Crippen molar-refractivity contribution in [3.8, 4) is 5.75 Å². The fourth-order valence-electron chi connectivity index (χ4n) is 1.77. The summed E-state index contributed by atoms with van der Waals surface area (Å²) in [7, 11) is 0. The topological polar surface area (TPSA) is 61.4 Å². The molecule has 1 saturated carbocycles. The largest absolute Gasteiger partial charge is 0.505 e. The van der Waals surface area contributed by atoms with Crippen molar-refractivity contribution in [1.82, 2.24) is 5.32 Å². The van der Waals surface area contributed by atoms with Crippen LogP contribution in [0, 0.1) is 13.8 Å². The zero-order valence-corrected chi connectivity index (χ0v) is 10.2. The number of hydrogen-bond acceptors (Lipinski definition) is 3. The van der Waals surface area contributed by atoms with Crippen LogP contribution in [-0.4, -0.2) is 23.6 Å². The molecule has 1 aromatic rings. The Balaban J connectivity index is 1.98. The molecule has 4 heteroatoms. The smallest absolute Gasteiger partial charge is 0.238 e. The van der Waals surface area contributed by atoms with E-state index >= 15 is 0 Å². The van der Waals surface area contributed by atoms with E-state index in [9.17, 15) is 9.90 Å². The van der Waals surface area contributed by atoms with Crippen molar-refractivity contribution in [1.29, 1.82) is 0 Å². The summed E-state index contributed by atoms with van der Waals surface area (Å²) in [6.45, 7) is 4.06. The van der Waals surface area contributed by atoms with Gasteiger partial charge in [-0.1, -0.05) is 6.07 Å². The summed E-state index contributed by atoms with van der Waals surface area (Å²) >= 11 is 0. The molecular formula is C13H18N2O2. The molecule has 92 valence electrons. The average Bonchev–Trinajstić information content (AvgIpc) is 3.06. The predicted molar refractivity (Wildman–Crippen MR) is 67.2 cm³/mol. The van der Waals surface area contributed by atoms with Crippen molar-refractivity contribution in [3.05, 3.63) is 23.3 Å². The van der Waals surface area contributed by atoms with E-state index < -0.39 is 0 Å². The molecule has 1 aliphatic carbocycles. The van der Waals surface area contributed by atoms with Crippen molar-refractivity contribution in [3.63, 3.8) is 0 Å². The van der Waals surface area contributed by atoms with Gasteiger partial charge in [0.1, 0.15) is 5.75 Å². The van der Waals surface area contributed by atoms with E-state index in [-0.39, 0.29) is 11.7 Å². The third kappa shape index (κ3) is 3.20. The number of phenols is 1. The molecule has 1 fully saturated rings. The van der Waals surface area contributed by atoms with Gasteiger partial charge in [-0.15, -0.1) is 0 Å². The van der Waals surface area contributed by atoms with Gasteiger partial charge in [0, 0.05) is 6.04 Å². The quantitative estimate of drug-likeness (QED) is 0.695. The van der Waals surface area contributed by atoms with Crippen LogP contribution in [0.15, 0.2) is 12.1 Å². The van der Waals surface area contributed by atoms with Crippen molar-refractivity contribution in [2.45, 2.75) is 32.7 Å². The fourth-order valence-corrected chi connectivity index (χ4v) is 1.77. The molecule has 2 rings (SSSR count). The van der Waals surface area contributed by atoms with Crippen LogP contribution in [0.5, 0.6) is 5.75 Å². The molecule has 1 aliphatic rings. The number of nitrogens with one attached hydrogen (secondary N) is 2. The second-order valence-corrected chi connectivity index (χ2v) is 4.68. The van der Waals surface area contributed by atoms with Crippen LogP contribution in [0.1, 0.15) is 24.0 Å². The van der Waals surface area contributed by atoms with Crippen LogP contribution >= 0.6 is 0 Å². The second-order valence-electron chi connectivity index (χ2n) is 4.68. The third-order valence-corrected chi connectivity index (χ3v) is 2.85. The molecule has 1 aromatic carbocycles. The van der Waals surface area contributed by atoms with Crippen LogP contribution in [0.25, 0.3) is 0 Å². The Labute approximate surface area is 101 Å². The van der Waals surface area contributed by atoms with E-state index in [0.29, 0.717) is 18.3 Å². The van der Waals surface area contributed by atoms with E-state index in [1.165, 1.54) is 0 Å². The fraction of sp³-hybridized carbons (Fsp3) is 0.462. The average molecular weight is 234 g/mol. The normalized spacial score (nSPS) is 14.7.